The molecule has 0 aromatic carbocycles. The summed E-state index contributed by atoms with van der Waals surface area (Å²) >= 11 is 0. The molecule has 1 aliphatic heterocycles. The quantitative estimate of drug-likeness (QED) is 0.790. The third-order valence-corrected chi connectivity index (χ3v) is 3.26. The predicted molar refractivity (Wildman–Crippen MR) is 65.8 cm³/mol. The molecule has 1 aliphatic rings. The fourth-order valence-electron chi connectivity index (χ4n) is 2.13. The van der Waals surface area contributed by atoms with Gasteiger partial charge in [0.1, 0.15) is 0 Å². The van der Waals surface area contributed by atoms with Gasteiger partial charge in [0.25, 0.3) is 5.91 Å². The number of carbonyl (C=O) groups is 1. The Morgan fingerprint density at radius 2 is 1.94 bits per heavy atom. The molecule has 2 rings (SSSR count). The van der Waals surface area contributed by atoms with E-state index in [1.807, 2.05) is 4.90 Å². The van der Waals surface area contributed by atoms with E-state index < -0.39 is 0 Å². The molecular weight excluding hydrogens is 216 g/mol. The first kappa shape index (κ1) is 12.1. The summed E-state index contributed by atoms with van der Waals surface area (Å²) in [6, 6.07) is 0. The van der Waals surface area contributed by atoms with Gasteiger partial charge < -0.3 is 4.90 Å². The number of carbonyl (C=O) groups excluding carboxylic acids is 1. The van der Waals surface area contributed by atoms with Crippen LogP contribution in [0.3, 0.4) is 0 Å². The van der Waals surface area contributed by atoms with Crippen molar-refractivity contribution in [3.63, 3.8) is 0 Å². The lowest BCUT2D eigenvalue weighted by Gasteiger charge is -2.42. The van der Waals surface area contributed by atoms with Crippen molar-refractivity contribution in [2.24, 2.45) is 0 Å². The molecule has 2 heterocycles. The minimum atomic E-state index is 0.0762. The highest BCUT2D eigenvalue weighted by Crippen LogP contribution is 2.16. The van der Waals surface area contributed by atoms with Gasteiger partial charge in [-0.15, -0.1) is 0 Å². The summed E-state index contributed by atoms with van der Waals surface area (Å²) in [5.41, 5.74) is 0.833. The van der Waals surface area contributed by atoms with Crippen LogP contribution in [-0.2, 0) is 0 Å². The summed E-state index contributed by atoms with van der Waals surface area (Å²) in [6.45, 7) is 10.1. The second-order valence-corrected chi connectivity index (χ2v) is 5.44. The summed E-state index contributed by atoms with van der Waals surface area (Å²) in [4.78, 5) is 16.4. The van der Waals surface area contributed by atoms with E-state index in [0.717, 1.165) is 26.2 Å². The van der Waals surface area contributed by atoms with Crippen LogP contribution in [0, 0.1) is 0 Å². The molecule has 0 unspecified atom stereocenters. The van der Waals surface area contributed by atoms with Crippen molar-refractivity contribution in [3.8, 4) is 0 Å². The number of hydrogen-bond donors (Lipinski definition) is 1. The van der Waals surface area contributed by atoms with Crippen LogP contribution >= 0.6 is 0 Å². The summed E-state index contributed by atoms with van der Waals surface area (Å²) < 4.78 is 0. The Kier molecular flexibility index (Phi) is 3.19. The highest BCUT2D eigenvalue weighted by Gasteiger charge is 2.28. The molecule has 5 nitrogen and oxygen atoms in total. The van der Waals surface area contributed by atoms with Gasteiger partial charge in [-0.3, -0.25) is 14.8 Å². The van der Waals surface area contributed by atoms with Crippen LogP contribution in [0.5, 0.6) is 0 Å². The van der Waals surface area contributed by atoms with Crippen molar-refractivity contribution >= 4 is 5.91 Å². The molecule has 0 spiro atoms. The Balaban J connectivity index is 1.94. The highest BCUT2D eigenvalue weighted by molar-refractivity contribution is 5.93. The number of aromatic nitrogens is 2. The largest absolute Gasteiger partial charge is 0.336 e. The van der Waals surface area contributed by atoms with Crippen LogP contribution < -0.4 is 0 Å². The van der Waals surface area contributed by atoms with Gasteiger partial charge in [0.05, 0.1) is 11.8 Å². The molecule has 1 N–H and O–H groups in total. The lowest BCUT2D eigenvalue weighted by Crippen LogP contribution is -2.54. The van der Waals surface area contributed by atoms with Crippen LogP contribution in [-0.4, -0.2) is 57.6 Å². The van der Waals surface area contributed by atoms with Gasteiger partial charge in [0.2, 0.25) is 0 Å². The Morgan fingerprint density at radius 3 is 2.41 bits per heavy atom. The molecular formula is C12H20N4O. The molecule has 1 amide bonds. The summed E-state index contributed by atoms with van der Waals surface area (Å²) in [7, 11) is 0. The standard InChI is InChI=1S/C12H20N4O/c1-12(2,3)16-6-4-15(5-7-16)11(17)10-8-13-14-9-10/h8-9H,4-7H2,1-3H3,(H,13,14). The van der Waals surface area contributed by atoms with E-state index in [-0.39, 0.29) is 11.4 Å². The Bertz CT molecular complexity index is 372. The normalized spacial score (nSPS) is 18.4. The van der Waals surface area contributed by atoms with Crippen molar-refractivity contribution in [2.75, 3.05) is 26.2 Å². The van der Waals surface area contributed by atoms with E-state index in [0.29, 0.717) is 5.56 Å². The molecule has 0 atom stereocenters. The molecule has 1 fully saturated rings. The third kappa shape index (κ3) is 2.66. The zero-order valence-corrected chi connectivity index (χ0v) is 10.7. The fourth-order valence-corrected chi connectivity index (χ4v) is 2.13. The minimum absolute atomic E-state index is 0.0762. The van der Waals surface area contributed by atoms with E-state index in [2.05, 4.69) is 35.9 Å². The molecule has 0 aliphatic carbocycles. The lowest BCUT2D eigenvalue weighted by atomic mass is 10.0. The first-order valence-electron chi connectivity index (χ1n) is 6.01. The Morgan fingerprint density at radius 1 is 1.29 bits per heavy atom. The van der Waals surface area contributed by atoms with E-state index in [1.165, 1.54) is 0 Å². The highest BCUT2D eigenvalue weighted by atomic mass is 16.2. The molecule has 0 radical (unpaired) electrons. The molecule has 1 aromatic rings. The summed E-state index contributed by atoms with van der Waals surface area (Å²) in [5, 5.41) is 6.48. The first-order chi connectivity index (χ1) is 7.98. The van der Waals surface area contributed by atoms with Crippen LogP contribution in [0.2, 0.25) is 0 Å². The molecule has 0 bridgehead atoms. The van der Waals surface area contributed by atoms with Crippen molar-refractivity contribution < 1.29 is 4.79 Å². The van der Waals surface area contributed by atoms with E-state index in [1.54, 1.807) is 12.4 Å². The number of hydrogen-bond acceptors (Lipinski definition) is 3. The second kappa shape index (κ2) is 4.49. The topological polar surface area (TPSA) is 52.2 Å². The predicted octanol–water partition coefficient (Wildman–Crippen LogP) is 0.966. The van der Waals surface area contributed by atoms with Crippen LogP contribution in [0.25, 0.3) is 0 Å². The number of nitrogens with one attached hydrogen (secondary N) is 1. The molecule has 0 saturated carbocycles. The van der Waals surface area contributed by atoms with Crippen LogP contribution in [0.15, 0.2) is 12.4 Å². The first-order valence-corrected chi connectivity index (χ1v) is 6.01. The summed E-state index contributed by atoms with van der Waals surface area (Å²) in [6.07, 6.45) is 3.23. The molecule has 17 heavy (non-hydrogen) atoms. The maximum Gasteiger partial charge on any atom is 0.257 e. The van der Waals surface area contributed by atoms with Gasteiger partial charge in [-0.1, -0.05) is 0 Å². The molecule has 5 heteroatoms. The van der Waals surface area contributed by atoms with Crippen molar-refractivity contribution in [1.82, 2.24) is 20.0 Å². The van der Waals surface area contributed by atoms with Gasteiger partial charge in [-0.25, -0.2) is 0 Å². The van der Waals surface area contributed by atoms with E-state index in [9.17, 15) is 4.79 Å². The number of amides is 1. The number of H-pyrrole nitrogens is 1. The number of piperazine rings is 1. The van der Waals surface area contributed by atoms with Gasteiger partial charge in [0, 0.05) is 37.9 Å². The average molecular weight is 236 g/mol. The number of nitrogens with zero attached hydrogens (tertiary/aromatic N) is 3. The second-order valence-electron chi connectivity index (χ2n) is 5.44. The van der Waals surface area contributed by atoms with Gasteiger partial charge in [-0.2, -0.15) is 5.10 Å². The number of aromatic amines is 1. The van der Waals surface area contributed by atoms with Gasteiger partial charge in [0.15, 0.2) is 0 Å². The monoisotopic (exact) mass is 236 g/mol. The van der Waals surface area contributed by atoms with Crippen LogP contribution in [0.4, 0.5) is 0 Å². The van der Waals surface area contributed by atoms with Crippen molar-refractivity contribution in [2.45, 2.75) is 26.3 Å². The molecule has 1 aromatic heterocycles. The fraction of sp³-hybridized carbons (Fsp3) is 0.667. The van der Waals surface area contributed by atoms with Gasteiger partial charge >= 0.3 is 0 Å². The van der Waals surface area contributed by atoms with Gasteiger partial charge in [-0.05, 0) is 20.8 Å². The number of rotatable bonds is 1. The van der Waals surface area contributed by atoms with E-state index in [4.69, 9.17) is 0 Å². The Hall–Kier alpha value is -1.36. The SMILES string of the molecule is CC(C)(C)N1CCN(C(=O)c2cn[nH]c2)CC1. The average Bonchev–Trinajstić information content (AvgIpc) is 2.80. The summed E-state index contributed by atoms with van der Waals surface area (Å²) in [5.74, 6) is 0.0762. The zero-order valence-electron chi connectivity index (χ0n) is 10.7. The Labute approximate surface area is 102 Å². The van der Waals surface area contributed by atoms with Crippen molar-refractivity contribution in [1.29, 1.82) is 0 Å². The third-order valence-electron chi connectivity index (χ3n) is 3.26. The zero-order chi connectivity index (χ0) is 12.5. The maximum absolute atomic E-state index is 12.1. The van der Waals surface area contributed by atoms with E-state index >= 15 is 0 Å². The lowest BCUT2D eigenvalue weighted by molar-refractivity contribution is 0.0451. The smallest absolute Gasteiger partial charge is 0.257 e. The molecule has 1 saturated heterocycles. The minimum Gasteiger partial charge on any atom is -0.336 e. The van der Waals surface area contributed by atoms with Crippen molar-refractivity contribution in [3.05, 3.63) is 18.0 Å². The molecule has 94 valence electrons. The maximum atomic E-state index is 12.1. The van der Waals surface area contributed by atoms with Crippen LogP contribution in [0.1, 0.15) is 31.1 Å².